The first-order chi connectivity index (χ1) is 10.0. The number of ether oxygens (including phenoxy) is 1. The van der Waals surface area contributed by atoms with Crippen LogP contribution in [-0.4, -0.2) is 42.6 Å². The third-order valence-corrected chi connectivity index (χ3v) is 4.41. The van der Waals surface area contributed by atoms with Gasteiger partial charge in [0.05, 0.1) is 18.3 Å². The van der Waals surface area contributed by atoms with E-state index in [-0.39, 0.29) is 0 Å². The Morgan fingerprint density at radius 2 is 2.14 bits per heavy atom. The first-order valence-corrected chi connectivity index (χ1v) is 7.80. The van der Waals surface area contributed by atoms with Gasteiger partial charge < -0.3 is 20.3 Å². The van der Waals surface area contributed by atoms with Crippen molar-refractivity contribution in [1.29, 1.82) is 0 Å². The van der Waals surface area contributed by atoms with Crippen LogP contribution in [0.5, 0.6) is 0 Å². The fraction of sp³-hybridized carbons (Fsp3) is 0.625. The van der Waals surface area contributed by atoms with E-state index in [1.54, 1.807) is 7.11 Å². The summed E-state index contributed by atoms with van der Waals surface area (Å²) in [6, 6.07) is 7.80. The lowest BCUT2D eigenvalue weighted by Crippen LogP contribution is -2.43. The molecule has 0 bridgehead atoms. The fourth-order valence-electron chi connectivity index (χ4n) is 2.92. The standard InChI is InChI=1S/C16H24ClNO3/c1-21-11-15(19)10-18-14-5-7-16(20,8-6-14)12-3-2-4-13(17)9-12/h2-4,9,14-15,18-20H,5-8,10-11H2,1H3/t14?,15-,16?/m0/s1. The quantitative estimate of drug-likeness (QED) is 0.752. The molecular weight excluding hydrogens is 290 g/mol. The molecule has 0 aliphatic heterocycles. The average molecular weight is 314 g/mol. The van der Waals surface area contributed by atoms with E-state index in [1.807, 2.05) is 24.3 Å². The van der Waals surface area contributed by atoms with Crippen molar-refractivity contribution in [2.24, 2.45) is 0 Å². The van der Waals surface area contributed by atoms with Crippen molar-refractivity contribution in [2.75, 3.05) is 20.3 Å². The summed E-state index contributed by atoms with van der Waals surface area (Å²) in [6.07, 6.45) is 2.67. The minimum atomic E-state index is -0.784. The molecule has 5 heteroatoms. The Bertz CT molecular complexity index is 447. The van der Waals surface area contributed by atoms with Crippen LogP contribution in [0.15, 0.2) is 24.3 Å². The van der Waals surface area contributed by atoms with Gasteiger partial charge in [-0.05, 0) is 43.4 Å². The molecule has 3 N–H and O–H groups in total. The Balaban J connectivity index is 1.85. The minimum Gasteiger partial charge on any atom is -0.389 e. The van der Waals surface area contributed by atoms with E-state index in [2.05, 4.69) is 5.32 Å². The Labute approximate surface area is 131 Å². The molecular formula is C16H24ClNO3. The molecule has 0 spiro atoms. The van der Waals surface area contributed by atoms with Crippen LogP contribution in [0.4, 0.5) is 0 Å². The highest BCUT2D eigenvalue weighted by atomic mass is 35.5. The Morgan fingerprint density at radius 3 is 2.76 bits per heavy atom. The van der Waals surface area contributed by atoms with Crippen LogP contribution in [0.25, 0.3) is 0 Å². The van der Waals surface area contributed by atoms with Crippen molar-refractivity contribution < 1.29 is 14.9 Å². The number of methoxy groups -OCH3 is 1. The predicted molar refractivity (Wildman–Crippen MR) is 83.5 cm³/mol. The monoisotopic (exact) mass is 313 g/mol. The largest absolute Gasteiger partial charge is 0.389 e. The summed E-state index contributed by atoms with van der Waals surface area (Å²) in [6.45, 7) is 0.861. The normalized spacial score (nSPS) is 27.5. The predicted octanol–water partition coefficient (Wildman–Crippen LogP) is 2.07. The van der Waals surface area contributed by atoms with E-state index in [1.165, 1.54) is 0 Å². The molecule has 1 saturated carbocycles. The molecule has 1 aliphatic rings. The SMILES string of the molecule is COC[C@@H](O)CNC1CCC(O)(c2cccc(Cl)c2)CC1. The molecule has 1 fully saturated rings. The second kappa shape index (κ2) is 7.56. The van der Waals surface area contributed by atoms with E-state index < -0.39 is 11.7 Å². The van der Waals surface area contributed by atoms with Gasteiger partial charge in [-0.2, -0.15) is 0 Å². The number of aliphatic hydroxyl groups is 2. The molecule has 118 valence electrons. The topological polar surface area (TPSA) is 61.7 Å². The third-order valence-electron chi connectivity index (χ3n) is 4.18. The first kappa shape index (κ1) is 16.7. The van der Waals surface area contributed by atoms with Crippen LogP contribution in [0.2, 0.25) is 5.02 Å². The molecule has 0 amide bonds. The molecule has 0 unspecified atom stereocenters. The van der Waals surface area contributed by atoms with Crippen LogP contribution in [0.3, 0.4) is 0 Å². The summed E-state index contributed by atoms with van der Waals surface area (Å²) in [7, 11) is 1.58. The molecule has 1 aromatic rings. The van der Waals surface area contributed by atoms with Gasteiger partial charge in [-0.1, -0.05) is 23.7 Å². The third kappa shape index (κ3) is 4.66. The van der Waals surface area contributed by atoms with Gasteiger partial charge in [0.15, 0.2) is 0 Å². The molecule has 0 radical (unpaired) electrons. The van der Waals surface area contributed by atoms with E-state index >= 15 is 0 Å². The fourth-order valence-corrected chi connectivity index (χ4v) is 3.11. The number of benzene rings is 1. The van der Waals surface area contributed by atoms with Gasteiger partial charge in [0.25, 0.3) is 0 Å². The number of aliphatic hydroxyl groups excluding tert-OH is 1. The molecule has 1 atom stereocenters. The number of halogens is 1. The maximum absolute atomic E-state index is 10.8. The molecule has 0 saturated heterocycles. The van der Waals surface area contributed by atoms with Gasteiger partial charge in [-0.3, -0.25) is 0 Å². The first-order valence-electron chi connectivity index (χ1n) is 7.42. The number of hydrogen-bond acceptors (Lipinski definition) is 4. The van der Waals surface area contributed by atoms with Crippen molar-refractivity contribution in [1.82, 2.24) is 5.32 Å². The Morgan fingerprint density at radius 1 is 1.43 bits per heavy atom. The van der Waals surface area contributed by atoms with Gasteiger partial charge in [0.2, 0.25) is 0 Å². The smallest absolute Gasteiger partial charge is 0.0898 e. The van der Waals surface area contributed by atoms with Crippen molar-refractivity contribution in [2.45, 2.75) is 43.4 Å². The lowest BCUT2D eigenvalue weighted by atomic mass is 9.78. The summed E-state index contributed by atoms with van der Waals surface area (Å²) >= 11 is 6.01. The van der Waals surface area contributed by atoms with Crippen molar-refractivity contribution in [3.8, 4) is 0 Å². The van der Waals surface area contributed by atoms with E-state index in [0.29, 0.717) is 37.1 Å². The highest BCUT2D eigenvalue weighted by molar-refractivity contribution is 6.30. The van der Waals surface area contributed by atoms with Crippen molar-refractivity contribution >= 4 is 11.6 Å². The number of rotatable bonds is 6. The molecule has 0 heterocycles. The average Bonchev–Trinajstić information content (AvgIpc) is 2.47. The molecule has 21 heavy (non-hydrogen) atoms. The second-order valence-electron chi connectivity index (χ2n) is 5.83. The maximum Gasteiger partial charge on any atom is 0.0898 e. The lowest BCUT2D eigenvalue weighted by molar-refractivity contribution is -0.0104. The van der Waals surface area contributed by atoms with Crippen LogP contribution in [-0.2, 0) is 10.3 Å². The minimum absolute atomic E-state index is 0.330. The molecule has 4 nitrogen and oxygen atoms in total. The Kier molecular flexibility index (Phi) is 6.02. The molecule has 1 aliphatic carbocycles. The highest BCUT2D eigenvalue weighted by Gasteiger charge is 2.34. The summed E-state index contributed by atoms with van der Waals surface area (Å²) in [5.74, 6) is 0. The second-order valence-corrected chi connectivity index (χ2v) is 6.27. The summed E-state index contributed by atoms with van der Waals surface area (Å²) in [4.78, 5) is 0. The molecule has 1 aromatic carbocycles. The summed E-state index contributed by atoms with van der Waals surface area (Å²) in [5.41, 5.74) is 0.113. The van der Waals surface area contributed by atoms with E-state index in [9.17, 15) is 10.2 Å². The van der Waals surface area contributed by atoms with E-state index in [4.69, 9.17) is 16.3 Å². The number of hydrogen-bond donors (Lipinski definition) is 3. The number of nitrogens with one attached hydrogen (secondary N) is 1. The van der Waals surface area contributed by atoms with Gasteiger partial charge >= 0.3 is 0 Å². The zero-order valence-corrected chi connectivity index (χ0v) is 13.1. The zero-order valence-electron chi connectivity index (χ0n) is 12.4. The maximum atomic E-state index is 10.8. The lowest BCUT2D eigenvalue weighted by Gasteiger charge is -2.37. The summed E-state index contributed by atoms with van der Waals surface area (Å²) in [5, 5.41) is 24.4. The molecule has 2 rings (SSSR count). The Hall–Kier alpha value is -0.650. The molecule has 0 aromatic heterocycles. The summed E-state index contributed by atoms with van der Waals surface area (Å²) < 4.78 is 4.90. The van der Waals surface area contributed by atoms with Crippen molar-refractivity contribution in [3.05, 3.63) is 34.9 Å². The van der Waals surface area contributed by atoms with Gasteiger partial charge in [-0.25, -0.2) is 0 Å². The van der Waals surface area contributed by atoms with Crippen molar-refractivity contribution in [3.63, 3.8) is 0 Å². The van der Waals surface area contributed by atoms with Gasteiger partial charge in [0, 0.05) is 24.7 Å². The van der Waals surface area contributed by atoms with Crippen LogP contribution >= 0.6 is 11.6 Å². The van der Waals surface area contributed by atoms with Gasteiger partial charge in [0.1, 0.15) is 0 Å². The zero-order chi connectivity index (χ0) is 15.3. The van der Waals surface area contributed by atoms with Crippen LogP contribution < -0.4 is 5.32 Å². The van der Waals surface area contributed by atoms with Crippen LogP contribution in [0.1, 0.15) is 31.2 Å². The highest BCUT2D eigenvalue weighted by Crippen LogP contribution is 2.37. The van der Waals surface area contributed by atoms with Gasteiger partial charge in [-0.15, -0.1) is 0 Å². The van der Waals surface area contributed by atoms with E-state index in [0.717, 1.165) is 18.4 Å². The van der Waals surface area contributed by atoms with Crippen LogP contribution in [0, 0.1) is 0 Å².